The first kappa shape index (κ1) is 16.7. The second-order valence-electron chi connectivity index (χ2n) is 6.49. The molecule has 3 rings (SSSR count). The van der Waals surface area contributed by atoms with E-state index in [1.54, 1.807) is 27.7 Å². The van der Waals surface area contributed by atoms with Gasteiger partial charge in [0.15, 0.2) is 5.82 Å². The molecule has 0 aromatic carbocycles. The number of nitrogens with one attached hydrogen (secondary N) is 1. The molecule has 1 unspecified atom stereocenters. The normalized spacial score (nSPS) is 28.9. The average Bonchev–Trinajstić information content (AvgIpc) is 3.03. The summed E-state index contributed by atoms with van der Waals surface area (Å²) in [6, 6.07) is -1.64. The summed E-state index contributed by atoms with van der Waals surface area (Å²) in [6.07, 6.45) is 0. The van der Waals surface area contributed by atoms with Crippen LogP contribution in [-0.4, -0.2) is 60.1 Å². The van der Waals surface area contributed by atoms with Gasteiger partial charge in [-0.25, -0.2) is 4.79 Å². The van der Waals surface area contributed by atoms with Crippen LogP contribution >= 0.6 is 11.8 Å². The molecule has 0 radical (unpaired) electrons. The van der Waals surface area contributed by atoms with Crippen LogP contribution in [-0.2, 0) is 14.4 Å². The summed E-state index contributed by atoms with van der Waals surface area (Å²) < 4.78 is 4.35. The second kappa shape index (κ2) is 5.47. The topological polar surface area (TPSA) is 126 Å². The molecular formula is C14H18N4O5S. The summed E-state index contributed by atoms with van der Waals surface area (Å²) in [7, 11) is 0. The predicted molar refractivity (Wildman–Crippen MR) is 83.1 cm³/mol. The van der Waals surface area contributed by atoms with E-state index in [9.17, 15) is 19.5 Å². The lowest BCUT2D eigenvalue weighted by Crippen LogP contribution is -2.70. The molecule has 2 aliphatic rings. The monoisotopic (exact) mass is 354 g/mol. The van der Waals surface area contributed by atoms with E-state index in [2.05, 4.69) is 15.5 Å². The number of fused-ring (bicyclic) bond motifs is 1. The fraction of sp³-hybridized carbons (Fsp3) is 0.643. The predicted octanol–water partition coefficient (Wildman–Crippen LogP) is 0.113. The largest absolute Gasteiger partial charge is 0.480 e. The number of thioether (sulfide) groups is 1. The third-order valence-corrected chi connectivity index (χ3v) is 5.85. The SMILES string of the molecule is Cc1noc(C(C)C(=O)N[C@@H]2C(=O)N3[C@@H]2SC(C)(C)[C@@H]3C(=O)O)n1. The van der Waals surface area contributed by atoms with Gasteiger partial charge in [-0.2, -0.15) is 4.98 Å². The van der Waals surface area contributed by atoms with Crippen molar-refractivity contribution in [2.45, 2.75) is 55.8 Å². The zero-order valence-electron chi connectivity index (χ0n) is 13.6. The molecular weight excluding hydrogens is 336 g/mol. The Hall–Kier alpha value is -2.10. The highest BCUT2D eigenvalue weighted by molar-refractivity contribution is 8.01. The highest BCUT2D eigenvalue weighted by Crippen LogP contribution is 2.50. The molecule has 2 aliphatic heterocycles. The van der Waals surface area contributed by atoms with Crippen LogP contribution in [0.1, 0.15) is 38.4 Å². The number of aromatic nitrogens is 2. The van der Waals surface area contributed by atoms with Crippen LogP contribution in [0.25, 0.3) is 0 Å². The Balaban J connectivity index is 1.71. The Morgan fingerprint density at radius 1 is 1.46 bits per heavy atom. The van der Waals surface area contributed by atoms with Crippen molar-refractivity contribution in [1.29, 1.82) is 0 Å². The van der Waals surface area contributed by atoms with Gasteiger partial charge < -0.3 is 19.8 Å². The van der Waals surface area contributed by atoms with Crippen molar-refractivity contribution in [3.63, 3.8) is 0 Å². The summed E-state index contributed by atoms with van der Waals surface area (Å²) in [5, 5.41) is 15.3. The number of β-lactam (4-membered cyclic amide) rings is 1. The van der Waals surface area contributed by atoms with Crippen molar-refractivity contribution in [1.82, 2.24) is 20.4 Å². The molecule has 2 saturated heterocycles. The van der Waals surface area contributed by atoms with E-state index >= 15 is 0 Å². The Morgan fingerprint density at radius 3 is 2.67 bits per heavy atom. The number of carboxylic acids is 1. The lowest BCUT2D eigenvalue weighted by molar-refractivity contribution is -0.161. The Labute approximate surface area is 142 Å². The van der Waals surface area contributed by atoms with Crippen molar-refractivity contribution in [2.24, 2.45) is 0 Å². The molecule has 2 amide bonds. The van der Waals surface area contributed by atoms with Crippen LogP contribution in [0.3, 0.4) is 0 Å². The maximum Gasteiger partial charge on any atom is 0.327 e. The lowest BCUT2D eigenvalue weighted by Gasteiger charge is -2.43. The van der Waals surface area contributed by atoms with E-state index in [0.29, 0.717) is 5.82 Å². The van der Waals surface area contributed by atoms with Crippen LogP contribution < -0.4 is 5.32 Å². The van der Waals surface area contributed by atoms with E-state index < -0.39 is 34.6 Å². The Bertz CT molecular complexity index is 718. The van der Waals surface area contributed by atoms with Gasteiger partial charge in [0.1, 0.15) is 23.4 Å². The molecule has 2 N–H and O–H groups in total. The van der Waals surface area contributed by atoms with Gasteiger partial charge in [-0.05, 0) is 27.7 Å². The molecule has 0 spiro atoms. The van der Waals surface area contributed by atoms with Gasteiger partial charge in [-0.15, -0.1) is 11.8 Å². The van der Waals surface area contributed by atoms with Crippen molar-refractivity contribution in [2.75, 3.05) is 0 Å². The van der Waals surface area contributed by atoms with Gasteiger partial charge in [0.2, 0.25) is 17.7 Å². The first-order chi connectivity index (χ1) is 11.1. The quantitative estimate of drug-likeness (QED) is 0.730. The maximum atomic E-state index is 12.3. The summed E-state index contributed by atoms with van der Waals surface area (Å²) >= 11 is 1.38. The van der Waals surface area contributed by atoms with Crippen LogP contribution in [0, 0.1) is 6.92 Å². The molecule has 1 aromatic rings. The third kappa shape index (κ3) is 2.45. The molecule has 4 atom stereocenters. The van der Waals surface area contributed by atoms with E-state index in [0.717, 1.165) is 0 Å². The fourth-order valence-corrected chi connectivity index (χ4v) is 4.65. The molecule has 1 aromatic heterocycles. The highest BCUT2D eigenvalue weighted by atomic mass is 32.2. The molecule has 9 nitrogen and oxygen atoms in total. The standard InChI is InChI=1S/C14H18N4O5S/c1-5(10-15-6(2)17-23-10)9(19)16-7-11(20)18-8(13(21)22)14(3,4)24-12(7)18/h5,7-8,12H,1-4H3,(H,16,19)(H,21,22)/t5?,7-,8+,12-/m1/s1. The first-order valence-corrected chi connectivity index (χ1v) is 8.35. The number of carboxylic acid groups (broad SMARTS) is 1. The molecule has 0 bridgehead atoms. The maximum absolute atomic E-state index is 12.3. The summed E-state index contributed by atoms with van der Waals surface area (Å²) in [5.74, 6) is -1.92. The first-order valence-electron chi connectivity index (χ1n) is 7.47. The molecule has 2 fully saturated rings. The van der Waals surface area contributed by atoms with Gasteiger partial charge in [0.05, 0.1) is 0 Å². The van der Waals surface area contributed by atoms with Crippen LogP contribution in [0.15, 0.2) is 4.52 Å². The van der Waals surface area contributed by atoms with Gasteiger partial charge in [0.25, 0.3) is 0 Å². The number of carbonyl (C=O) groups excluding carboxylic acids is 2. The molecule has 0 aliphatic carbocycles. The summed E-state index contributed by atoms with van der Waals surface area (Å²) in [6.45, 7) is 6.82. The van der Waals surface area contributed by atoms with E-state index in [4.69, 9.17) is 4.52 Å². The Kier molecular flexibility index (Phi) is 3.82. The fourth-order valence-electron chi connectivity index (χ4n) is 3.02. The Morgan fingerprint density at radius 2 is 2.12 bits per heavy atom. The van der Waals surface area contributed by atoms with E-state index in [1.807, 2.05) is 0 Å². The molecule has 130 valence electrons. The van der Waals surface area contributed by atoms with Crippen molar-refractivity contribution in [3.05, 3.63) is 11.7 Å². The van der Waals surface area contributed by atoms with E-state index in [-0.39, 0.29) is 17.2 Å². The number of aryl methyl sites for hydroxylation is 1. The molecule has 24 heavy (non-hydrogen) atoms. The minimum atomic E-state index is -1.04. The minimum absolute atomic E-state index is 0.177. The van der Waals surface area contributed by atoms with Gasteiger partial charge >= 0.3 is 5.97 Å². The van der Waals surface area contributed by atoms with Crippen molar-refractivity contribution >= 4 is 29.5 Å². The van der Waals surface area contributed by atoms with Gasteiger partial charge in [0, 0.05) is 4.75 Å². The second-order valence-corrected chi connectivity index (χ2v) is 8.26. The number of amides is 2. The molecule has 3 heterocycles. The third-order valence-electron chi connectivity index (χ3n) is 4.28. The van der Waals surface area contributed by atoms with Crippen molar-refractivity contribution < 1.29 is 24.0 Å². The summed E-state index contributed by atoms with van der Waals surface area (Å²) in [4.78, 5) is 41.5. The van der Waals surface area contributed by atoms with Crippen molar-refractivity contribution in [3.8, 4) is 0 Å². The minimum Gasteiger partial charge on any atom is -0.480 e. The number of hydrogen-bond donors (Lipinski definition) is 2. The highest BCUT2D eigenvalue weighted by Gasteiger charge is 2.64. The van der Waals surface area contributed by atoms with Crippen LogP contribution in [0.5, 0.6) is 0 Å². The van der Waals surface area contributed by atoms with Crippen LogP contribution in [0.2, 0.25) is 0 Å². The number of hydrogen-bond acceptors (Lipinski definition) is 7. The number of nitrogens with zero attached hydrogens (tertiary/aromatic N) is 3. The average molecular weight is 354 g/mol. The molecule has 10 heteroatoms. The zero-order chi connectivity index (χ0) is 17.8. The van der Waals surface area contributed by atoms with Gasteiger partial charge in [-0.3, -0.25) is 9.59 Å². The zero-order valence-corrected chi connectivity index (χ0v) is 14.5. The van der Waals surface area contributed by atoms with E-state index in [1.165, 1.54) is 16.7 Å². The number of carbonyl (C=O) groups is 3. The number of aliphatic carboxylic acids is 1. The lowest BCUT2D eigenvalue weighted by atomic mass is 9.95. The molecule has 0 saturated carbocycles. The van der Waals surface area contributed by atoms with Crippen LogP contribution in [0.4, 0.5) is 0 Å². The smallest absolute Gasteiger partial charge is 0.327 e. The van der Waals surface area contributed by atoms with Gasteiger partial charge in [-0.1, -0.05) is 5.16 Å². The summed E-state index contributed by atoms with van der Waals surface area (Å²) in [5.41, 5.74) is 0. The number of rotatable bonds is 4.